The topological polar surface area (TPSA) is 82.6 Å². The van der Waals surface area contributed by atoms with E-state index in [1.54, 1.807) is 29.2 Å². The number of aromatic amines is 1. The van der Waals surface area contributed by atoms with Gasteiger partial charge in [0, 0.05) is 29.4 Å². The fraction of sp³-hybridized carbons (Fsp3) is 0.280. The maximum atomic E-state index is 13.5. The number of benzene rings is 2. The fourth-order valence-electron chi connectivity index (χ4n) is 3.42. The Hall–Kier alpha value is -3.27. The molecule has 0 aliphatic rings. The Kier molecular flexibility index (Phi) is 7.57. The Bertz CT molecular complexity index is 1240. The number of methoxy groups -OCH3 is 1. The number of H-pyrrole nitrogens is 1. The van der Waals surface area contributed by atoms with E-state index in [2.05, 4.69) is 16.8 Å². The first-order chi connectivity index (χ1) is 15.4. The average molecular weight is 453 g/mol. The van der Waals surface area contributed by atoms with Crippen molar-refractivity contribution in [2.75, 3.05) is 13.7 Å². The quantitative estimate of drug-likeness (QED) is 0.554. The van der Waals surface area contributed by atoms with Crippen LogP contribution >= 0.6 is 11.6 Å². The molecule has 1 heterocycles. The molecule has 1 atom stereocenters. The second-order valence-electron chi connectivity index (χ2n) is 7.41. The molecule has 0 spiro atoms. The van der Waals surface area contributed by atoms with Gasteiger partial charge in [-0.2, -0.15) is 0 Å². The number of rotatable bonds is 6. The van der Waals surface area contributed by atoms with E-state index in [1.165, 1.54) is 13.3 Å². The molecule has 3 aromatic rings. The van der Waals surface area contributed by atoms with Gasteiger partial charge in [0.25, 0.3) is 5.91 Å². The molecule has 0 saturated carbocycles. The van der Waals surface area contributed by atoms with E-state index in [4.69, 9.17) is 21.4 Å². The second kappa shape index (κ2) is 10.4. The monoisotopic (exact) mass is 452 g/mol. The molecule has 1 amide bonds. The predicted molar refractivity (Wildman–Crippen MR) is 126 cm³/mol. The third-order valence-corrected chi connectivity index (χ3v) is 5.62. The number of hydrogen-bond acceptors (Lipinski definition) is 4. The van der Waals surface area contributed by atoms with Gasteiger partial charge < -0.3 is 19.7 Å². The number of halogens is 1. The first-order valence-electron chi connectivity index (χ1n) is 10.3. The smallest absolute Gasteiger partial charge is 0.259 e. The van der Waals surface area contributed by atoms with E-state index in [0.29, 0.717) is 33.8 Å². The minimum absolute atomic E-state index is 0.0427. The van der Waals surface area contributed by atoms with Crippen molar-refractivity contribution >= 4 is 28.4 Å². The van der Waals surface area contributed by atoms with Crippen LogP contribution in [0.5, 0.6) is 5.75 Å². The molecular weight excluding hydrogens is 428 g/mol. The van der Waals surface area contributed by atoms with Crippen molar-refractivity contribution in [2.24, 2.45) is 0 Å². The Labute approximate surface area is 191 Å². The fourth-order valence-corrected chi connectivity index (χ4v) is 3.55. The van der Waals surface area contributed by atoms with E-state index in [9.17, 15) is 9.59 Å². The number of carbonyl (C=O) groups excluding carboxylic acids is 1. The highest BCUT2D eigenvalue weighted by Gasteiger charge is 2.24. The van der Waals surface area contributed by atoms with Gasteiger partial charge in [0.1, 0.15) is 17.9 Å². The molecule has 0 radical (unpaired) electrons. The molecule has 1 aromatic heterocycles. The number of nitrogens with one attached hydrogen (secondary N) is 1. The summed E-state index contributed by atoms with van der Waals surface area (Å²) in [6.45, 7) is 4.00. The van der Waals surface area contributed by atoms with Gasteiger partial charge in [0.15, 0.2) is 0 Å². The predicted octanol–water partition coefficient (Wildman–Crippen LogP) is 3.97. The van der Waals surface area contributed by atoms with Crippen LogP contribution in [0.4, 0.5) is 0 Å². The minimum atomic E-state index is -0.404. The summed E-state index contributed by atoms with van der Waals surface area (Å²) in [5, 5.41) is 9.90. The third kappa shape index (κ3) is 4.96. The van der Waals surface area contributed by atoms with E-state index < -0.39 is 5.43 Å². The van der Waals surface area contributed by atoms with E-state index >= 15 is 0 Å². The molecule has 0 fully saturated rings. The molecule has 7 heteroatoms. The van der Waals surface area contributed by atoms with Gasteiger partial charge in [-0.1, -0.05) is 42.5 Å². The highest BCUT2D eigenvalue weighted by molar-refractivity contribution is 6.30. The van der Waals surface area contributed by atoms with Crippen LogP contribution in [-0.2, 0) is 6.54 Å². The summed E-state index contributed by atoms with van der Waals surface area (Å²) >= 11 is 5.98. The number of nitrogens with zero attached hydrogens (tertiary/aromatic N) is 1. The van der Waals surface area contributed by atoms with Gasteiger partial charge in [-0.3, -0.25) is 9.59 Å². The lowest BCUT2D eigenvalue weighted by Crippen LogP contribution is -2.40. The summed E-state index contributed by atoms with van der Waals surface area (Å²) in [6.07, 6.45) is 2.17. The summed E-state index contributed by atoms with van der Waals surface area (Å²) in [5.74, 6) is 5.42. The van der Waals surface area contributed by atoms with Crippen LogP contribution in [0.3, 0.4) is 0 Å². The number of aromatic nitrogens is 1. The third-order valence-electron chi connectivity index (χ3n) is 5.36. The molecule has 32 heavy (non-hydrogen) atoms. The van der Waals surface area contributed by atoms with Crippen LogP contribution in [0.1, 0.15) is 41.8 Å². The lowest BCUT2D eigenvalue weighted by molar-refractivity contribution is 0.0670. The van der Waals surface area contributed by atoms with Crippen LogP contribution in [0.2, 0.25) is 5.02 Å². The maximum Gasteiger partial charge on any atom is 0.259 e. The number of amides is 1. The Morgan fingerprint density at radius 2 is 2.00 bits per heavy atom. The van der Waals surface area contributed by atoms with Crippen LogP contribution < -0.4 is 10.2 Å². The zero-order valence-corrected chi connectivity index (χ0v) is 19.0. The zero-order chi connectivity index (χ0) is 23.3. The van der Waals surface area contributed by atoms with E-state index in [1.807, 2.05) is 26.0 Å². The molecule has 2 N–H and O–H groups in total. The number of pyridine rings is 1. The maximum absolute atomic E-state index is 13.5. The number of aliphatic hydroxyl groups excluding tert-OH is 1. The second-order valence-corrected chi connectivity index (χ2v) is 7.85. The highest BCUT2D eigenvalue weighted by atomic mass is 35.5. The van der Waals surface area contributed by atoms with Gasteiger partial charge in [0.2, 0.25) is 5.43 Å². The van der Waals surface area contributed by atoms with Gasteiger partial charge >= 0.3 is 0 Å². The normalized spacial score (nSPS) is 11.5. The van der Waals surface area contributed by atoms with Crippen molar-refractivity contribution in [1.29, 1.82) is 0 Å². The van der Waals surface area contributed by atoms with Crippen molar-refractivity contribution in [3.8, 4) is 17.6 Å². The number of hydrogen-bond donors (Lipinski definition) is 2. The van der Waals surface area contributed by atoms with Crippen LogP contribution in [-0.4, -0.2) is 40.7 Å². The van der Waals surface area contributed by atoms with Gasteiger partial charge in [0.05, 0.1) is 18.0 Å². The molecule has 1 unspecified atom stereocenters. The summed E-state index contributed by atoms with van der Waals surface area (Å²) in [4.78, 5) is 31.5. The first kappa shape index (κ1) is 23.4. The summed E-state index contributed by atoms with van der Waals surface area (Å²) < 4.78 is 5.39. The lowest BCUT2D eigenvalue weighted by Gasteiger charge is -2.29. The SMILES string of the molecule is CCC(C)N(Cc1ccc(Cl)cc1)C(=O)c1c[nH]c2c(OC)cc(C#CCO)cc2c1=O. The average Bonchev–Trinajstić information content (AvgIpc) is 2.81. The molecule has 0 aliphatic heterocycles. The molecule has 0 bridgehead atoms. The number of aliphatic hydroxyl groups is 1. The summed E-state index contributed by atoms with van der Waals surface area (Å²) in [7, 11) is 1.49. The van der Waals surface area contributed by atoms with Crippen LogP contribution in [0.25, 0.3) is 10.9 Å². The largest absolute Gasteiger partial charge is 0.495 e. The lowest BCUT2D eigenvalue weighted by atomic mass is 10.1. The van der Waals surface area contributed by atoms with Crippen LogP contribution in [0.15, 0.2) is 47.4 Å². The van der Waals surface area contributed by atoms with E-state index in [0.717, 1.165) is 12.0 Å². The van der Waals surface area contributed by atoms with Crippen molar-refractivity contribution in [3.05, 3.63) is 74.5 Å². The molecular formula is C25H25ClN2O4. The Morgan fingerprint density at radius 3 is 2.62 bits per heavy atom. The number of fused-ring (bicyclic) bond motifs is 1. The van der Waals surface area contributed by atoms with Gasteiger partial charge in [-0.05, 0) is 43.2 Å². The van der Waals surface area contributed by atoms with Crippen molar-refractivity contribution in [1.82, 2.24) is 9.88 Å². The minimum Gasteiger partial charge on any atom is -0.495 e. The molecule has 0 saturated heterocycles. The first-order valence-corrected chi connectivity index (χ1v) is 10.7. The molecule has 166 valence electrons. The van der Waals surface area contributed by atoms with E-state index in [-0.39, 0.29) is 24.1 Å². The number of carbonyl (C=O) groups is 1. The van der Waals surface area contributed by atoms with Gasteiger partial charge in [-0.25, -0.2) is 0 Å². The van der Waals surface area contributed by atoms with Crippen molar-refractivity contribution in [3.63, 3.8) is 0 Å². The highest BCUT2D eigenvalue weighted by Crippen LogP contribution is 2.24. The molecule has 0 aliphatic carbocycles. The zero-order valence-electron chi connectivity index (χ0n) is 18.2. The Balaban J connectivity index is 2.08. The van der Waals surface area contributed by atoms with Crippen molar-refractivity contribution < 1.29 is 14.6 Å². The van der Waals surface area contributed by atoms with Crippen LogP contribution in [0, 0.1) is 11.8 Å². The summed E-state index contributed by atoms with van der Waals surface area (Å²) in [5.41, 5.74) is 1.55. The molecule has 6 nitrogen and oxygen atoms in total. The van der Waals surface area contributed by atoms with Crippen molar-refractivity contribution in [2.45, 2.75) is 32.9 Å². The molecule has 3 rings (SSSR count). The summed E-state index contributed by atoms with van der Waals surface area (Å²) in [6, 6.07) is 10.5. The Morgan fingerprint density at radius 1 is 1.28 bits per heavy atom. The van der Waals surface area contributed by atoms with Gasteiger partial charge in [-0.15, -0.1) is 0 Å². The molecule has 2 aromatic carbocycles. The number of ether oxygens (including phenoxy) is 1. The standard InChI is InChI=1S/C25H25ClN2O4/c1-4-16(2)28(15-17-7-9-19(26)10-8-17)25(31)21-14-27-23-20(24(21)30)12-18(6-5-11-29)13-22(23)32-3/h7-10,12-14,16,29H,4,11,15H2,1-3H3,(H,27,30).